The number of hydrogen-bond acceptors (Lipinski definition) is 2. The quantitative estimate of drug-likeness (QED) is 0.631. The molecule has 0 saturated heterocycles. The van der Waals surface area contributed by atoms with E-state index in [1.54, 1.807) is 7.11 Å². The normalized spacial score (nSPS) is 15.8. The minimum atomic E-state index is -1.30. The summed E-state index contributed by atoms with van der Waals surface area (Å²) in [6.07, 6.45) is 0.873. The molecule has 2 atom stereocenters. The summed E-state index contributed by atoms with van der Waals surface area (Å²) >= 11 is 0. The van der Waals surface area contributed by atoms with Crippen molar-refractivity contribution in [3.8, 4) is 0 Å². The van der Waals surface area contributed by atoms with Crippen LogP contribution in [0.3, 0.4) is 0 Å². The van der Waals surface area contributed by atoms with Gasteiger partial charge >= 0.3 is 0 Å². The summed E-state index contributed by atoms with van der Waals surface area (Å²) in [4.78, 5) is 0. The molecule has 2 unspecified atom stereocenters. The molecule has 0 fully saturated rings. The van der Waals surface area contributed by atoms with Gasteiger partial charge in [0, 0.05) is 7.11 Å². The Morgan fingerprint density at radius 2 is 1.75 bits per heavy atom. The van der Waals surface area contributed by atoms with Gasteiger partial charge in [0.05, 0.1) is 8.07 Å². The Balaban J connectivity index is 2.80. The van der Waals surface area contributed by atoms with Crippen molar-refractivity contribution in [2.45, 2.75) is 37.8 Å². The van der Waals surface area contributed by atoms with E-state index < -0.39 is 8.07 Å². The van der Waals surface area contributed by atoms with Gasteiger partial charge in [-0.25, -0.2) is 0 Å². The predicted octanol–water partition coefficient (Wildman–Crippen LogP) is 2.87. The lowest BCUT2D eigenvalue weighted by Crippen LogP contribution is -2.43. The van der Waals surface area contributed by atoms with E-state index in [1.165, 1.54) is 5.56 Å². The molecule has 0 aromatic heterocycles. The van der Waals surface area contributed by atoms with E-state index in [0.717, 1.165) is 6.42 Å². The van der Waals surface area contributed by atoms with Gasteiger partial charge in [0.1, 0.15) is 6.23 Å². The average Bonchev–Trinajstić information content (AvgIpc) is 2.25. The number of nitrogens with two attached hydrogens (primary N) is 1. The third-order valence-electron chi connectivity index (χ3n) is 3.08. The van der Waals surface area contributed by atoms with Crippen LogP contribution in [0.25, 0.3) is 0 Å². The minimum absolute atomic E-state index is 0.146. The Hall–Kier alpha value is -0.643. The van der Waals surface area contributed by atoms with Crippen molar-refractivity contribution in [1.29, 1.82) is 0 Å². The number of hydrogen-bond donors (Lipinski definition) is 1. The fourth-order valence-corrected chi connectivity index (χ4v) is 3.92. The molecular weight excluding hydrogens is 214 g/mol. The monoisotopic (exact) mass is 237 g/mol. The zero-order valence-electron chi connectivity index (χ0n) is 10.7. The third-order valence-corrected chi connectivity index (χ3v) is 5.84. The first-order valence-electron chi connectivity index (χ1n) is 5.77. The lowest BCUT2D eigenvalue weighted by molar-refractivity contribution is 0.0993. The number of ether oxygens (including phenoxy) is 1. The first-order chi connectivity index (χ1) is 7.45. The molecule has 1 rings (SSSR count). The lowest BCUT2D eigenvalue weighted by Gasteiger charge is -2.33. The second-order valence-corrected chi connectivity index (χ2v) is 10.8. The molecule has 0 spiro atoms. The van der Waals surface area contributed by atoms with Crippen molar-refractivity contribution < 1.29 is 4.74 Å². The van der Waals surface area contributed by atoms with E-state index in [1.807, 2.05) is 6.07 Å². The second kappa shape index (κ2) is 5.62. The highest BCUT2D eigenvalue weighted by molar-refractivity contribution is 6.77. The molecule has 90 valence electrons. The van der Waals surface area contributed by atoms with E-state index in [4.69, 9.17) is 10.5 Å². The predicted molar refractivity (Wildman–Crippen MR) is 72.2 cm³/mol. The van der Waals surface area contributed by atoms with Crippen LogP contribution >= 0.6 is 0 Å². The average molecular weight is 237 g/mol. The molecule has 0 aliphatic heterocycles. The van der Waals surface area contributed by atoms with Gasteiger partial charge in [-0.2, -0.15) is 0 Å². The van der Waals surface area contributed by atoms with Crippen LogP contribution in [0, 0.1) is 0 Å². The summed E-state index contributed by atoms with van der Waals surface area (Å²) in [7, 11) is 0.394. The van der Waals surface area contributed by atoms with Gasteiger partial charge in [-0.3, -0.25) is 0 Å². The summed E-state index contributed by atoms with van der Waals surface area (Å²) in [5.74, 6) is 0. The van der Waals surface area contributed by atoms with Crippen LogP contribution in [-0.2, 0) is 11.2 Å². The highest BCUT2D eigenvalue weighted by atomic mass is 28.3. The smallest absolute Gasteiger partial charge is 0.105 e. The highest BCUT2D eigenvalue weighted by Gasteiger charge is 2.31. The van der Waals surface area contributed by atoms with Crippen LogP contribution in [0.4, 0.5) is 0 Å². The van der Waals surface area contributed by atoms with Crippen molar-refractivity contribution in [3.63, 3.8) is 0 Å². The van der Waals surface area contributed by atoms with Crippen LogP contribution in [-0.4, -0.2) is 21.4 Å². The Morgan fingerprint density at radius 1 is 1.19 bits per heavy atom. The van der Waals surface area contributed by atoms with E-state index in [9.17, 15) is 0 Å². The molecule has 0 heterocycles. The van der Waals surface area contributed by atoms with Crippen molar-refractivity contribution in [3.05, 3.63) is 35.9 Å². The zero-order valence-corrected chi connectivity index (χ0v) is 11.7. The minimum Gasteiger partial charge on any atom is -0.367 e. The molecule has 0 radical (unpaired) electrons. The van der Waals surface area contributed by atoms with Gasteiger partial charge in [-0.1, -0.05) is 50.0 Å². The highest BCUT2D eigenvalue weighted by Crippen LogP contribution is 2.29. The summed E-state index contributed by atoms with van der Waals surface area (Å²) in [5.41, 5.74) is 7.87. The van der Waals surface area contributed by atoms with E-state index in [2.05, 4.69) is 43.9 Å². The van der Waals surface area contributed by atoms with Gasteiger partial charge in [0.15, 0.2) is 0 Å². The Morgan fingerprint density at radius 3 is 2.19 bits per heavy atom. The zero-order chi connectivity index (χ0) is 12.2. The molecule has 1 aromatic rings. The molecule has 0 amide bonds. The molecule has 0 saturated carbocycles. The van der Waals surface area contributed by atoms with E-state index in [-0.39, 0.29) is 6.23 Å². The fourth-order valence-electron chi connectivity index (χ4n) is 1.95. The molecule has 0 bridgehead atoms. The summed E-state index contributed by atoms with van der Waals surface area (Å²) in [5, 5.41) is 0. The molecule has 1 aromatic carbocycles. The van der Waals surface area contributed by atoms with Crippen molar-refractivity contribution >= 4 is 8.07 Å². The number of benzene rings is 1. The molecule has 3 heteroatoms. The Bertz CT molecular complexity index is 307. The first-order valence-corrected chi connectivity index (χ1v) is 9.35. The molecule has 2 N–H and O–H groups in total. The molecule has 16 heavy (non-hydrogen) atoms. The van der Waals surface area contributed by atoms with Gasteiger partial charge < -0.3 is 10.5 Å². The van der Waals surface area contributed by atoms with Crippen molar-refractivity contribution in [2.24, 2.45) is 5.73 Å². The standard InChI is InChI=1S/C13H23NOSi/c1-15-13(14)12(16(2,3)4)10-11-8-6-5-7-9-11/h5-9,12-13H,10,14H2,1-4H3. The van der Waals surface area contributed by atoms with E-state index >= 15 is 0 Å². The third kappa shape index (κ3) is 3.74. The van der Waals surface area contributed by atoms with Gasteiger partial charge in [-0.05, 0) is 17.5 Å². The lowest BCUT2D eigenvalue weighted by atomic mass is 10.1. The summed E-state index contributed by atoms with van der Waals surface area (Å²) in [6, 6.07) is 10.5. The van der Waals surface area contributed by atoms with Crippen LogP contribution in [0.1, 0.15) is 5.56 Å². The molecule has 0 aliphatic rings. The molecular formula is C13H23NOSi. The van der Waals surface area contributed by atoms with Crippen LogP contribution < -0.4 is 5.73 Å². The van der Waals surface area contributed by atoms with Crippen molar-refractivity contribution in [2.75, 3.05) is 7.11 Å². The van der Waals surface area contributed by atoms with Gasteiger partial charge in [0.2, 0.25) is 0 Å². The largest absolute Gasteiger partial charge is 0.367 e. The first kappa shape index (κ1) is 13.4. The van der Waals surface area contributed by atoms with Gasteiger partial charge in [0.25, 0.3) is 0 Å². The molecule has 0 aliphatic carbocycles. The molecule has 2 nitrogen and oxygen atoms in total. The maximum atomic E-state index is 6.06. The van der Waals surface area contributed by atoms with Crippen LogP contribution in [0.5, 0.6) is 0 Å². The number of rotatable bonds is 5. The van der Waals surface area contributed by atoms with Crippen LogP contribution in [0.2, 0.25) is 25.2 Å². The maximum Gasteiger partial charge on any atom is 0.105 e. The summed E-state index contributed by atoms with van der Waals surface area (Å²) < 4.78 is 5.32. The van der Waals surface area contributed by atoms with Gasteiger partial charge in [-0.15, -0.1) is 0 Å². The summed E-state index contributed by atoms with van der Waals surface area (Å²) in [6.45, 7) is 7.04. The fraction of sp³-hybridized carbons (Fsp3) is 0.538. The van der Waals surface area contributed by atoms with Crippen molar-refractivity contribution in [1.82, 2.24) is 0 Å². The SMILES string of the molecule is COC(N)C(Cc1ccccc1)[Si](C)(C)C. The second-order valence-electron chi connectivity index (χ2n) is 5.36. The number of methoxy groups -OCH3 is 1. The Kier molecular flexibility index (Phi) is 4.71. The maximum absolute atomic E-state index is 6.06. The topological polar surface area (TPSA) is 35.2 Å². The van der Waals surface area contributed by atoms with Crippen LogP contribution in [0.15, 0.2) is 30.3 Å². The van der Waals surface area contributed by atoms with E-state index in [0.29, 0.717) is 5.54 Å². The Labute approximate surface area is 99.8 Å².